The molecule has 0 saturated carbocycles. The quantitative estimate of drug-likeness (QED) is 0.591. The van der Waals surface area contributed by atoms with Gasteiger partial charge in [0.05, 0.1) is 12.2 Å². The minimum Gasteiger partial charge on any atom is -0.469 e. The van der Waals surface area contributed by atoms with Crippen molar-refractivity contribution < 1.29 is 23.9 Å². The van der Waals surface area contributed by atoms with Gasteiger partial charge in [-0.25, -0.2) is 0 Å². The second-order valence-corrected chi connectivity index (χ2v) is 6.61. The van der Waals surface area contributed by atoms with Gasteiger partial charge in [-0.3, -0.25) is 14.4 Å². The number of carbonyl (C=O) groups excluding carboxylic acids is 3. The van der Waals surface area contributed by atoms with Crippen LogP contribution in [0.5, 0.6) is 0 Å². The molecule has 3 rings (SSSR count). The van der Waals surface area contributed by atoms with Gasteiger partial charge in [0.1, 0.15) is 11.7 Å². The SMILES string of the molecule is CC[C@@H](C)C(=O)[C@H]1C(=O)O[C@@]2(C)C(=O)C=C3C=C(C)OC=C3[C@H]12. The van der Waals surface area contributed by atoms with Crippen LogP contribution in [0.25, 0.3) is 0 Å². The molecule has 0 unspecified atom stereocenters. The topological polar surface area (TPSA) is 69.7 Å². The van der Waals surface area contributed by atoms with Crippen LogP contribution in [-0.4, -0.2) is 23.1 Å². The summed E-state index contributed by atoms with van der Waals surface area (Å²) in [6, 6.07) is 0. The Morgan fingerprint density at radius 1 is 1.35 bits per heavy atom. The maximum Gasteiger partial charge on any atom is 0.318 e. The van der Waals surface area contributed by atoms with Crippen LogP contribution in [-0.2, 0) is 23.9 Å². The Balaban J connectivity index is 2.10. The molecule has 3 aliphatic rings. The van der Waals surface area contributed by atoms with Crippen molar-refractivity contribution >= 4 is 17.5 Å². The first-order valence-corrected chi connectivity index (χ1v) is 7.87. The van der Waals surface area contributed by atoms with E-state index in [-0.39, 0.29) is 17.5 Å². The zero-order valence-corrected chi connectivity index (χ0v) is 13.7. The average Bonchev–Trinajstić information content (AvgIpc) is 2.78. The highest BCUT2D eigenvalue weighted by Crippen LogP contribution is 2.50. The smallest absolute Gasteiger partial charge is 0.318 e. The average molecular weight is 316 g/mol. The van der Waals surface area contributed by atoms with Crippen molar-refractivity contribution in [1.82, 2.24) is 0 Å². The summed E-state index contributed by atoms with van der Waals surface area (Å²) in [5.74, 6) is -2.26. The molecule has 0 aromatic carbocycles. The molecule has 0 spiro atoms. The van der Waals surface area contributed by atoms with Crippen LogP contribution in [0.2, 0.25) is 0 Å². The summed E-state index contributed by atoms with van der Waals surface area (Å²) in [5, 5.41) is 0. The van der Waals surface area contributed by atoms with E-state index in [1.165, 1.54) is 12.3 Å². The third-order valence-electron chi connectivity index (χ3n) is 5.07. The van der Waals surface area contributed by atoms with Crippen molar-refractivity contribution in [3.05, 3.63) is 35.3 Å². The van der Waals surface area contributed by atoms with Gasteiger partial charge in [-0.2, -0.15) is 0 Å². The van der Waals surface area contributed by atoms with Gasteiger partial charge in [0, 0.05) is 11.5 Å². The van der Waals surface area contributed by atoms with Crippen LogP contribution in [0.15, 0.2) is 35.3 Å². The standard InChI is InChI=1S/C18H20O5/c1-5-9(2)16(20)14-15-12-8-22-10(3)6-11(12)7-13(19)18(15,4)23-17(14)21/h6-9,14-15H,5H2,1-4H3/t9-,14+,15-,18+/m1/s1. The van der Waals surface area contributed by atoms with E-state index in [2.05, 4.69) is 0 Å². The fraction of sp³-hybridized carbons (Fsp3) is 0.500. The minimum absolute atomic E-state index is 0.174. The minimum atomic E-state index is -1.33. The lowest BCUT2D eigenvalue weighted by Gasteiger charge is -2.35. The van der Waals surface area contributed by atoms with Crippen molar-refractivity contribution in [2.75, 3.05) is 0 Å². The maximum absolute atomic E-state index is 12.7. The Morgan fingerprint density at radius 3 is 2.70 bits per heavy atom. The molecule has 0 amide bonds. The summed E-state index contributed by atoms with van der Waals surface area (Å²) in [7, 11) is 0. The highest BCUT2D eigenvalue weighted by atomic mass is 16.6. The van der Waals surface area contributed by atoms with Crippen molar-refractivity contribution in [3.8, 4) is 0 Å². The van der Waals surface area contributed by atoms with E-state index in [1.807, 2.05) is 6.92 Å². The third kappa shape index (κ3) is 2.18. The highest BCUT2D eigenvalue weighted by Gasteiger charge is 2.62. The monoisotopic (exact) mass is 316 g/mol. The number of fused-ring (bicyclic) bond motifs is 3. The molecule has 1 fully saturated rings. The van der Waals surface area contributed by atoms with E-state index in [0.29, 0.717) is 23.3 Å². The second kappa shape index (κ2) is 5.18. The first kappa shape index (κ1) is 15.7. The first-order valence-electron chi connectivity index (χ1n) is 7.87. The number of ether oxygens (including phenoxy) is 2. The van der Waals surface area contributed by atoms with Gasteiger partial charge in [0.25, 0.3) is 0 Å². The van der Waals surface area contributed by atoms with Crippen LogP contribution < -0.4 is 0 Å². The number of Topliss-reactive ketones (excluding diaryl/α,β-unsaturated/α-hetero) is 1. The van der Waals surface area contributed by atoms with Crippen LogP contribution in [0.3, 0.4) is 0 Å². The van der Waals surface area contributed by atoms with Crippen LogP contribution >= 0.6 is 0 Å². The molecule has 2 heterocycles. The summed E-state index contributed by atoms with van der Waals surface area (Å²) >= 11 is 0. The summed E-state index contributed by atoms with van der Waals surface area (Å²) in [6.07, 6.45) is 5.39. The van der Waals surface area contributed by atoms with Gasteiger partial charge < -0.3 is 9.47 Å². The fourth-order valence-corrected chi connectivity index (χ4v) is 3.48. The fourth-order valence-electron chi connectivity index (χ4n) is 3.48. The number of rotatable bonds is 3. The molecule has 23 heavy (non-hydrogen) atoms. The highest BCUT2D eigenvalue weighted by molar-refractivity contribution is 6.10. The van der Waals surface area contributed by atoms with Crippen LogP contribution in [0.1, 0.15) is 34.1 Å². The predicted octanol–water partition coefficient (Wildman–Crippen LogP) is 2.48. The number of hydrogen-bond acceptors (Lipinski definition) is 5. The molecule has 5 nitrogen and oxygen atoms in total. The number of allylic oxidation sites excluding steroid dienone is 3. The molecular formula is C18H20O5. The normalized spacial score (nSPS) is 33.5. The predicted molar refractivity (Wildman–Crippen MR) is 82.0 cm³/mol. The van der Waals surface area contributed by atoms with Crippen LogP contribution in [0, 0.1) is 17.8 Å². The molecule has 0 radical (unpaired) electrons. The van der Waals surface area contributed by atoms with E-state index in [0.717, 1.165) is 0 Å². The molecule has 0 bridgehead atoms. The van der Waals surface area contributed by atoms with Gasteiger partial charge in [-0.05, 0) is 38.0 Å². The van der Waals surface area contributed by atoms with Crippen LogP contribution in [0.4, 0.5) is 0 Å². The molecule has 0 aromatic heterocycles. The molecule has 0 N–H and O–H groups in total. The molecule has 122 valence electrons. The number of carbonyl (C=O) groups is 3. The molecule has 0 aromatic rings. The lowest BCUT2D eigenvalue weighted by atomic mass is 9.66. The number of hydrogen-bond donors (Lipinski definition) is 0. The maximum atomic E-state index is 12.7. The van der Waals surface area contributed by atoms with E-state index >= 15 is 0 Å². The largest absolute Gasteiger partial charge is 0.469 e. The lowest BCUT2D eigenvalue weighted by molar-refractivity contribution is -0.156. The Morgan fingerprint density at radius 2 is 2.04 bits per heavy atom. The van der Waals surface area contributed by atoms with E-state index in [4.69, 9.17) is 9.47 Å². The zero-order chi connectivity index (χ0) is 16.9. The van der Waals surface area contributed by atoms with E-state index in [1.54, 1.807) is 26.8 Å². The molecule has 4 atom stereocenters. The van der Waals surface area contributed by atoms with Gasteiger partial charge in [0.15, 0.2) is 17.2 Å². The number of ketones is 2. The Kier molecular flexibility index (Phi) is 3.54. The Bertz CT molecular complexity index is 696. The van der Waals surface area contributed by atoms with Crippen molar-refractivity contribution in [2.24, 2.45) is 17.8 Å². The lowest BCUT2D eigenvalue weighted by Crippen LogP contribution is -2.47. The summed E-state index contributed by atoms with van der Waals surface area (Å²) < 4.78 is 10.9. The molecule has 5 heteroatoms. The molecule has 1 aliphatic carbocycles. The first-order chi connectivity index (χ1) is 10.8. The van der Waals surface area contributed by atoms with Gasteiger partial charge >= 0.3 is 5.97 Å². The Labute approximate surface area is 135 Å². The molecule has 2 aliphatic heterocycles. The van der Waals surface area contributed by atoms with E-state index < -0.39 is 23.4 Å². The molecule has 1 saturated heterocycles. The van der Waals surface area contributed by atoms with Gasteiger partial charge in [-0.15, -0.1) is 0 Å². The second-order valence-electron chi connectivity index (χ2n) is 6.61. The molecular weight excluding hydrogens is 296 g/mol. The van der Waals surface area contributed by atoms with Crippen molar-refractivity contribution in [1.29, 1.82) is 0 Å². The summed E-state index contributed by atoms with van der Waals surface area (Å²) in [4.78, 5) is 37.7. The summed E-state index contributed by atoms with van der Waals surface area (Å²) in [6.45, 7) is 7.06. The summed E-state index contributed by atoms with van der Waals surface area (Å²) in [5.41, 5.74) is 0.0505. The van der Waals surface area contributed by atoms with Gasteiger partial charge in [-0.1, -0.05) is 13.8 Å². The Hall–Kier alpha value is -2.17. The number of esters is 1. The van der Waals surface area contributed by atoms with Crippen molar-refractivity contribution in [2.45, 2.75) is 39.7 Å². The third-order valence-corrected chi connectivity index (χ3v) is 5.07. The van der Waals surface area contributed by atoms with Gasteiger partial charge in [0.2, 0.25) is 0 Å². The zero-order valence-electron chi connectivity index (χ0n) is 13.7. The van der Waals surface area contributed by atoms with E-state index in [9.17, 15) is 14.4 Å². The van der Waals surface area contributed by atoms with Crippen molar-refractivity contribution in [3.63, 3.8) is 0 Å².